The van der Waals surface area contributed by atoms with Crippen molar-refractivity contribution in [1.82, 2.24) is 5.32 Å². The van der Waals surface area contributed by atoms with Crippen molar-refractivity contribution < 1.29 is 9.47 Å². The summed E-state index contributed by atoms with van der Waals surface area (Å²) in [6, 6.07) is 14.5. The van der Waals surface area contributed by atoms with Crippen LogP contribution in [-0.2, 0) is 13.1 Å². The van der Waals surface area contributed by atoms with Gasteiger partial charge in [0.2, 0.25) is 0 Å². The summed E-state index contributed by atoms with van der Waals surface area (Å²) in [5.74, 6) is 2.29. The molecule has 0 spiro atoms. The largest absolute Gasteiger partial charge is 0.493 e. The highest BCUT2D eigenvalue weighted by Crippen LogP contribution is 2.31. The molecule has 130 valence electrons. The summed E-state index contributed by atoms with van der Waals surface area (Å²) < 4.78 is 11.5. The van der Waals surface area contributed by atoms with Crippen LogP contribution in [0, 0.1) is 12.8 Å². The molecule has 0 aliphatic carbocycles. The van der Waals surface area contributed by atoms with Crippen molar-refractivity contribution in [3.05, 3.63) is 59.2 Å². The Morgan fingerprint density at radius 3 is 2.38 bits per heavy atom. The van der Waals surface area contributed by atoms with E-state index >= 15 is 0 Å². The van der Waals surface area contributed by atoms with E-state index < -0.39 is 0 Å². The van der Waals surface area contributed by atoms with E-state index in [0.717, 1.165) is 36.6 Å². The number of methoxy groups -OCH3 is 1. The van der Waals surface area contributed by atoms with Gasteiger partial charge >= 0.3 is 0 Å². The van der Waals surface area contributed by atoms with Crippen molar-refractivity contribution in [3.63, 3.8) is 0 Å². The Balaban J connectivity index is 2.01. The van der Waals surface area contributed by atoms with Gasteiger partial charge in [-0.1, -0.05) is 50.2 Å². The lowest BCUT2D eigenvalue weighted by atomic mass is 10.1. The number of hydrogen-bond donors (Lipinski definition) is 1. The molecule has 2 aromatic carbocycles. The lowest BCUT2D eigenvalue weighted by Crippen LogP contribution is -2.15. The Morgan fingerprint density at radius 2 is 1.67 bits per heavy atom. The van der Waals surface area contributed by atoms with Crippen LogP contribution in [0.25, 0.3) is 0 Å². The van der Waals surface area contributed by atoms with Gasteiger partial charge in [0.15, 0.2) is 11.5 Å². The van der Waals surface area contributed by atoms with Gasteiger partial charge in [-0.2, -0.15) is 0 Å². The highest BCUT2D eigenvalue weighted by Gasteiger charge is 2.11. The number of ether oxygens (including phenoxy) is 2. The second-order valence-electron chi connectivity index (χ2n) is 6.51. The normalized spacial score (nSPS) is 10.9. The molecule has 2 rings (SSSR count). The number of rotatable bonds is 9. The minimum Gasteiger partial charge on any atom is -0.493 e. The van der Waals surface area contributed by atoms with E-state index in [1.165, 1.54) is 11.1 Å². The molecule has 2 aromatic rings. The van der Waals surface area contributed by atoms with Crippen LogP contribution in [0.4, 0.5) is 0 Å². The second-order valence-corrected chi connectivity index (χ2v) is 6.51. The first-order chi connectivity index (χ1) is 11.6. The van der Waals surface area contributed by atoms with Gasteiger partial charge in [0.1, 0.15) is 0 Å². The van der Waals surface area contributed by atoms with E-state index in [-0.39, 0.29) is 0 Å². The average Bonchev–Trinajstić information content (AvgIpc) is 2.57. The average molecular weight is 327 g/mol. The molecule has 0 saturated heterocycles. The van der Waals surface area contributed by atoms with Gasteiger partial charge in [-0.25, -0.2) is 0 Å². The number of benzene rings is 2. The van der Waals surface area contributed by atoms with Crippen molar-refractivity contribution in [2.75, 3.05) is 13.7 Å². The first-order valence-electron chi connectivity index (χ1n) is 8.65. The van der Waals surface area contributed by atoms with Crippen molar-refractivity contribution >= 4 is 0 Å². The maximum Gasteiger partial charge on any atom is 0.165 e. The van der Waals surface area contributed by atoms with E-state index in [0.29, 0.717) is 12.5 Å². The van der Waals surface area contributed by atoms with E-state index in [2.05, 4.69) is 56.4 Å². The van der Waals surface area contributed by atoms with Gasteiger partial charge in [0, 0.05) is 18.7 Å². The van der Waals surface area contributed by atoms with Crippen LogP contribution in [-0.4, -0.2) is 13.7 Å². The first kappa shape index (κ1) is 18.3. The first-order valence-corrected chi connectivity index (χ1v) is 8.65. The minimum atomic E-state index is 0.627. The molecule has 0 saturated carbocycles. The number of nitrogens with one attached hydrogen (secondary N) is 1. The summed E-state index contributed by atoms with van der Waals surface area (Å²) in [4.78, 5) is 0. The van der Waals surface area contributed by atoms with Gasteiger partial charge in [-0.3, -0.25) is 0 Å². The predicted octanol–water partition coefficient (Wildman–Crippen LogP) is 4.72. The van der Waals surface area contributed by atoms with Crippen LogP contribution in [0.1, 0.15) is 37.0 Å². The standard InChI is InChI=1S/C21H29NO2/c1-16(2)12-13-24-21-19(10-7-11-20(21)23-4)15-22-14-18-9-6-5-8-17(18)3/h5-11,16,22H,12-15H2,1-4H3. The summed E-state index contributed by atoms with van der Waals surface area (Å²) in [6.07, 6.45) is 1.04. The minimum absolute atomic E-state index is 0.627. The highest BCUT2D eigenvalue weighted by atomic mass is 16.5. The van der Waals surface area contributed by atoms with E-state index in [1.807, 2.05) is 12.1 Å². The predicted molar refractivity (Wildman–Crippen MR) is 99.7 cm³/mol. The zero-order valence-electron chi connectivity index (χ0n) is 15.3. The van der Waals surface area contributed by atoms with Crippen LogP contribution in [0.3, 0.4) is 0 Å². The molecule has 0 aliphatic heterocycles. The Morgan fingerprint density at radius 1 is 0.958 bits per heavy atom. The van der Waals surface area contributed by atoms with Gasteiger partial charge in [0.25, 0.3) is 0 Å². The number of para-hydroxylation sites is 1. The second kappa shape index (κ2) is 9.33. The summed E-state index contributed by atoms with van der Waals surface area (Å²) >= 11 is 0. The van der Waals surface area contributed by atoms with Crippen LogP contribution in [0.5, 0.6) is 11.5 Å². The lowest BCUT2D eigenvalue weighted by molar-refractivity contribution is 0.269. The molecule has 0 aromatic heterocycles. The topological polar surface area (TPSA) is 30.5 Å². The quantitative estimate of drug-likeness (QED) is 0.723. The van der Waals surface area contributed by atoms with Crippen molar-refractivity contribution in [2.45, 2.75) is 40.3 Å². The molecular weight excluding hydrogens is 298 g/mol. The molecule has 24 heavy (non-hydrogen) atoms. The fourth-order valence-electron chi connectivity index (χ4n) is 2.56. The van der Waals surface area contributed by atoms with Crippen molar-refractivity contribution in [2.24, 2.45) is 5.92 Å². The highest BCUT2D eigenvalue weighted by molar-refractivity contribution is 5.46. The maximum atomic E-state index is 6.03. The molecule has 0 radical (unpaired) electrons. The zero-order valence-corrected chi connectivity index (χ0v) is 15.3. The number of aryl methyl sites for hydroxylation is 1. The summed E-state index contributed by atoms with van der Waals surface area (Å²) in [5.41, 5.74) is 3.76. The van der Waals surface area contributed by atoms with Gasteiger partial charge in [0.05, 0.1) is 13.7 Å². The van der Waals surface area contributed by atoms with Crippen molar-refractivity contribution in [1.29, 1.82) is 0 Å². The molecule has 0 aliphatic rings. The molecule has 0 bridgehead atoms. The zero-order chi connectivity index (χ0) is 17.4. The van der Waals surface area contributed by atoms with E-state index in [1.54, 1.807) is 7.11 Å². The molecule has 0 atom stereocenters. The van der Waals surface area contributed by atoms with Gasteiger partial charge < -0.3 is 14.8 Å². The fraction of sp³-hybridized carbons (Fsp3) is 0.429. The monoisotopic (exact) mass is 327 g/mol. The van der Waals surface area contributed by atoms with Crippen molar-refractivity contribution in [3.8, 4) is 11.5 Å². The van der Waals surface area contributed by atoms with Crippen LogP contribution < -0.4 is 14.8 Å². The third-order valence-corrected chi connectivity index (χ3v) is 4.11. The Hall–Kier alpha value is -2.00. The Bertz CT molecular complexity index is 637. The maximum absolute atomic E-state index is 6.03. The number of hydrogen-bond acceptors (Lipinski definition) is 3. The molecule has 0 heterocycles. The van der Waals surface area contributed by atoms with Gasteiger partial charge in [-0.05, 0) is 36.5 Å². The third kappa shape index (κ3) is 5.27. The molecule has 1 N–H and O–H groups in total. The molecule has 3 heteroatoms. The Kier molecular flexibility index (Phi) is 7.13. The third-order valence-electron chi connectivity index (χ3n) is 4.11. The Labute approximate surface area is 146 Å². The molecular formula is C21H29NO2. The SMILES string of the molecule is COc1cccc(CNCc2ccccc2C)c1OCCC(C)C. The molecule has 0 unspecified atom stereocenters. The van der Waals surface area contributed by atoms with Crippen LogP contribution in [0.15, 0.2) is 42.5 Å². The molecule has 0 amide bonds. The molecule has 3 nitrogen and oxygen atoms in total. The molecule has 0 fully saturated rings. The smallest absolute Gasteiger partial charge is 0.165 e. The fourth-order valence-corrected chi connectivity index (χ4v) is 2.56. The summed E-state index contributed by atoms with van der Waals surface area (Å²) in [5, 5.41) is 3.51. The summed E-state index contributed by atoms with van der Waals surface area (Å²) in [7, 11) is 1.69. The summed E-state index contributed by atoms with van der Waals surface area (Å²) in [6.45, 7) is 8.86. The van der Waals surface area contributed by atoms with Gasteiger partial charge in [-0.15, -0.1) is 0 Å². The lowest BCUT2D eigenvalue weighted by Gasteiger charge is -2.16. The van der Waals surface area contributed by atoms with E-state index in [4.69, 9.17) is 9.47 Å². The van der Waals surface area contributed by atoms with Crippen LogP contribution >= 0.6 is 0 Å². The van der Waals surface area contributed by atoms with E-state index in [9.17, 15) is 0 Å². The van der Waals surface area contributed by atoms with Crippen LogP contribution in [0.2, 0.25) is 0 Å².